The van der Waals surface area contributed by atoms with Crippen LogP contribution >= 0.6 is 0 Å². The predicted octanol–water partition coefficient (Wildman–Crippen LogP) is 1.78. The Morgan fingerprint density at radius 1 is 1.20 bits per heavy atom. The molecule has 2 rings (SSSR count). The van der Waals surface area contributed by atoms with E-state index in [1.165, 1.54) is 17.1 Å². The Bertz CT molecular complexity index is 786. The molecule has 134 valence electrons. The fourth-order valence-corrected chi connectivity index (χ4v) is 2.30. The monoisotopic (exact) mass is 345 g/mol. The Balaban J connectivity index is 2.01. The molecule has 0 aliphatic rings. The molecule has 25 heavy (non-hydrogen) atoms. The van der Waals surface area contributed by atoms with Crippen LogP contribution in [0.15, 0.2) is 35.5 Å². The maximum atomic E-state index is 12.3. The molecule has 0 unspecified atom stereocenters. The number of carbonyl (C=O) groups excluding carboxylic acids is 1. The van der Waals surface area contributed by atoms with Crippen molar-refractivity contribution < 1.29 is 14.3 Å². The third-order valence-electron chi connectivity index (χ3n) is 3.52. The van der Waals surface area contributed by atoms with E-state index in [0.717, 1.165) is 0 Å². The summed E-state index contributed by atoms with van der Waals surface area (Å²) in [7, 11) is 0. The van der Waals surface area contributed by atoms with Crippen molar-refractivity contribution >= 4 is 5.91 Å². The van der Waals surface area contributed by atoms with Crippen molar-refractivity contribution in [2.45, 2.75) is 27.3 Å². The number of ether oxygens (including phenoxy) is 2. The predicted molar refractivity (Wildman–Crippen MR) is 94.3 cm³/mol. The number of aromatic nitrogens is 2. The molecule has 0 aliphatic heterocycles. The molecule has 1 heterocycles. The molecule has 0 atom stereocenters. The Morgan fingerprint density at radius 3 is 2.64 bits per heavy atom. The molecule has 7 heteroatoms. The van der Waals surface area contributed by atoms with E-state index in [1.807, 2.05) is 13.8 Å². The Hall–Kier alpha value is -2.83. The zero-order valence-electron chi connectivity index (χ0n) is 14.7. The van der Waals surface area contributed by atoms with Crippen molar-refractivity contribution in [3.63, 3.8) is 0 Å². The molecule has 0 bridgehead atoms. The van der Waals surface area contributed by atoms with Crippen LogP contribution in [0, 0.1) is 6.92 Å². The summed E-state index contributed by atoms with van der Waals surface area (Å²) in [6.45, 7) is 7.14. The molecule has 1 N–H and O–H groups in total. The minimum Gasteiger partial charge on any atom is -0.490 e. The normalized spacial score (nSPS) is 10.4. The molecule has 1 aromatic heterocycles. The average Bonchev–Trinajstić information content (AvgIpc) is 2.60. The van der Waals surface area contributed by atoms with Gasteiger partial charge in [-0.1, -0.05) is 0 Å². The number of carbonyl (C=O) groups is 1. The van der Waals surface area contributed by atoms with E-state index in [1.54, 1.807) is 25.1 Å². The summed E-state index contributed by atoms with van der Waals surface area (Å²) in [5, 5.41) is 2.79. The van der Waals surface area contributed by atoms with Crippen LogP contribution < -0.4 is 20.3 Å². The first-order chi connectivity index (χ1) is 12.1. The van der Waals surface area contributed by atoms with Crippen molar-refractivity contribution in [3.05, 3.63) is 52.2 Å². The third-order valence-corrected chi connectivity index (χ3v) is 3.52. The number of benzene rings is 1. The van der Waals surface area contributed by atoms with E-state index in [4.69, 9.17) is 9.47 Å². The summed E-state index contributed by atoms with van der Waals surface area (Å²) in [5.74, 6) is 0.909. The first kappa shape index (κ1) is 18.5. The molecular formula is C18H23N3O4. The molecule has 2 aromatic rings. The summed E-state index contributed by atoms with van der Waals surface area (Å²) < 4.78 is 12.5. The van der Waals surface area contributed by atoms with Gasteiger partial charge in [-0.3, -0.25) is 14.2 Å². The third kappa shape index (κ3) is 4.82. The van der Waals surface area contributed by atoms with Crippen LogP contribution in [0.5, 0.6) is 11.5 Å². The summed E-state index contributed by atoms with van der Waals surface area (Å²) in [6, 6.07) is 5.06. The highest BCUT2D eigenvalue weighted by Gasteiger charge is 2.11. The SMILES string of the molecule is CCOc1ccc(C(=O)NCCn2cncc(C)c2=O)cc1OCC. The average molecular weight is 345 g/mol. The lowest BCUT2D eigenvalue weighted by Gasteiger charge is -2.12. The number of nitrogens with one attached hydrogen (secondary N) is 1. The Labute approximate surface area is 146 Å². The second-order valence-electron chi connectivity index (χ2n) is 5.36. The van der Waals surface area contributed by atoms with Gasteiger partial charge in [0.15, 0.2) is 11.5 Å². The Kier molecular flexibility index (Phi) is 6.56. The number of nitrogens with zero attached hydrogens (tertiary/aromatic N) is 2. The first-order valence-electron chi connectivity index (χ1n) is 8.25. The maximum absolute atomic E-state index is 12.3. The van der Waals surface area contributed by atoms with Gasteiger partial charge in [0.05, 0.1) is 19.5 Å². The molecule has 0 saturated heterocycles. The van der Waals surface area contributed by atoms with Gasteiger partial charge in [0.1, 0.15) is 0 Å². The smallest absolute Gasteiger partial charge is 0.256 e. The van der Waals surface area contributed by atoms with E-state index in [-0.39, 0.29) is 11.5 Å². The zero-order valence-corrected chi connectivity index (χ0v) is 14.7. The fourth-order valence-electron chi connectivity index (χ4n) is 2.30. The number of amides is 1. The van der Waals surface area contributed by atoms with E-state index >= 15 is 0 Å². The summed E-state index contributed by atoms with van der Waals surface area (Å²) in [4.78, 5) is 28.2. The largest absolute Gasteiger partial charge is 0.490 e. The highest BCUT2D eigenvalue weighted by atomic mass is 16.5. The second kappa shape index (κ2) is 8.86. The van der Waals surface area contributed by atoms with Crippen LogP contribution in [0.3, 0.4) is 0 Å². The van der Waals surface area contributed by atoms with Crippen LogP contribution in [0.25, 0.3) is 0 Å². The van der Waals surface area contributed by atoms with Crippen molar-refractivity contribution in [2.24, 2.45) is 0 Å². The van der Waals surface area contributed by atoms with Gasteiger partial charge in [-0.2, -0.15) is 0 Å². The van der Waals surface area contributed by atoms with Gasteiger partial charge in [0.25, 0.3) is 11.5 Å². The molecule has 1 aromatic carbocycles. The second-order valence-corrected chi connectivity index (χ2v) is 5.36. The number of hydrogen-bond acceptors (Lipinski definition) is 5. The van der Waals surface area contributed by atoms with E-state index in [2.05, 4.69) is 10.3 Å². The lowest BCUT2D eigenvalue weighted by Crippen LogP contribution is -2.31. The summed E-state index contributed by atoms with van der Waals surface area (Å²) >= 11 is 0. The quantitative estimate of drug-likeness (QED) is 0.788. The van der Waals surface area contributed by atoms with Gasteiger partial charge in [-0.25, -0.2) is 4.98 Å². The van der Waals surface area contributed by atoms with Crippen LogP contribution in [-0.4, -0.2) is 35.2 Å². The molecular weight excluding hydrogens is 322 g/mol. The summed E-state index contributed by atoms with van der Waals surface area (Å²) in [6.07, 6.45) is 2.98. The van der Waals surface area contributed by atoms with Crippen molar-refractivity contribution in [2.75, 3.05) is 19.8 Å². The van der Waals surface area contributed by atoms with Crippen molar-refractivity contribution in [3.8, 4) is 11.5 Å². The first-order valence-corrected chi connectivity index (χ1v) is 8.25. The van der Waals surface area contributed by atoms with Crippen molar-refractivity contribution in [1.82, 2.24) is 14.9 Å². The minimum absolute atomic E-state index is 0.107. The lowest BCUT2D eigenvalue weighted by atomic mass is 10.2. The molecule has 0 radical (unpaired) electrons. The van der Waals surface area contributed by atoms with Gasteiger partial charge in [0, 0.05) is 30.4 Å². The number of aryl methyl sites for hydroxylation is 1. The highest BCUT2D eigenvalue weighted by molar-refractivity contribution is 5.94. The zero-order chi connectivity index (χ0) is 18.2. The van der Waals surface area contributed by atoms with E-state index in [9.17, 15) is 9.59 Å². The highest BCUT2D eigenvalue weighted by Crippen LogP contribution is 2.28. The standard InChI is InChI=1S/C18H23N3O4/c1-4-24-15-7-6-14(10-16(15)25-5-2)17(22)20-8-9-21-12-19-11-13(3)18(21)23/h6-7,10-12H,4-5,8-9H2,1-3H3,(H,20,22). The van der Waals surface area contributed by atoms with E-state index < -0.39 is 0 Å². The lowest BCUT2D eigenvalue weighted by molar-refractivity contribution is 0.0951. The van der Waals surface area contributed by atoms with Crippen molar-refractivity contribution in [1.29, 1.82) is 0 Å². The number of rotatable bonds is 8. The molecule has 7 nitrogen and oxygen atoms in total. The number of hydrogen-bond donors (Lipinski definition) is 1. The summed E-state index contributed by atoms with van der Waals surface area (Å²) in [5.41, 5.74) is 0.937. The van der Waals surface area contributed by atoms with Gasteiger partial charge in [-0.15, -0.1) is 0 Å². The fraction of sp³-hybridized carbons (Fsp3) is 0.389. The minimum atomic E-state index is -0.238. The van der Waals surface area contributed by atoms with Gasteiger partial charge >= 0.3 is 0 Å². The molecule has 1 amide bonds. The van der Waals surface area contributed by atoms with Gasteiger partial charge in [0.2, 0.25) is 0 Å². The van der Waals surface area contributed by atoms with Crippen LogP contribution in [0.4, 0.5) is 0 Å². The Morgan fingerprint density at radius 2 is 1.92 bits per heavy atom. The molecule has 0 fully saturated rings. The molecule has 0 aliphatic carbocycles. The maximum Gasteiger partial charge on any atom is 0.256 e. The molecule has 0 saturated carbocycles. The molecule has 0 spiro atoms. The van der Waals surface area contributed by atoms with E-state index in [0.29, 0.717) is 48.9 Å². The topological polar surface area (TPSA) is 82.5 Å². The van der Waals surface area contributed by atoms with Gasteiger partial charge < -0.3 is 14.8 Å². The van der Waals surface area contributed by atoms with Gasteiger partial charge in [-0.05, 0) is 39.0 Å². The van der Waals surface area contributed by atoms with Crippen LogP contribution in [0.1, 0.15) is 29.8 Å². The van der Waals surface area contributed by atoms with Crippen LogP contribution in [0.2, 0.25) is 0 Å². The van der Waals surface area contributed by atoms with Crippen LogP contribution in [-0.2, 0) is 6.54 Å².